The Bertz CT molecular complexity index is 5140. The van der Waals surface area contributed by atoms with Crippen LogP contribution in [0.4, 0.5) is 14.4 Å². The van der Waals surface area contributed by atoms with Crippen molar-refractivity contribution in [1.29, 1.82) is 0 Å². The number of carbonyl (C=O) groups excluding carboxylic acids is 9. The van der Waals surface area contributed by atoms with E-state index in [-0.39, 0.29) is 127 Å². The van der Waals surface area contributed by atoms with Gasteiger partial charge in [-0.1, -0.05) is 137 Å². The molecule has 3 aromatic carbocycles. The van der Waals surface area contributed by atoms with Crippen LogP contribution in [0, 0.1) is 51.8 Å². The second-order valence-corrected chi connectivity index (χ2v) is 40.0. The fourth-order valence-electron chi connectivity index (χ4n) is 22.4. The van der Waals surface area contributed by atoms with Crippen LogP contribution in [0.5, 0.6) is 34.9 Å². The molecule has 30 nitrogen and oxygen atoms in total. The standard InChI is InChI=1S/C34H45N4O6.C33H43N4O6.C32H41N4O6.3V.3H2/c1-21-27(20-39)38-19-29(21)43-31-25(35-24-15-14-23(42-3)18-26(24)36-31)12-6-4-5-10-22-11-9-13-28(22)44-33(41)37-30(32(38)40)34(2)16-7-8-17-34;1-20-26(19-38)37-18-27(20)42-29-24(34-23-13-12-22(41-4)16-25(23)35-29)11-7-5-6-10-21-17-33(21,3)43-31(40)36-28(30(37)39)32(2)14-8-9-15-32;1-19-25(18-37)36-17-27(19)41-29-23(33-22-12-11-21(40-3)16-24(22)34-29)10-6-4-5-9-20-15-26(20)42-31(39)35-28(30(36)38)32(2)13-7-8-14-32;;;;;;/h14-15,18,21-22,27-30H,4-13,16-17,19H2,1-3H3,(H,37,41);12-13,16,20-21,26-28H,5-11,14-15,17-18H2,1-4H3,(H,36,40);11-12,16,19-20,25-28H,4-10,13-15,17H2,1-3H3,(H,35,39);;;;3*1H/q3*-1;;;;;;/t21-,22+,27+,28+,29-,30+;20-,21+,26+,27-,28+,33+;19-,20+,25+,26+,27-,28+;;;;;;/m000....../s1. The molecule has 3 N–H and O–H groups in total. The number of nitrogens with zero attached hydrogens (tertiary/aromatic N) is 9. The number of carbonyl (C=O) groups is 6. The van der Waals surface area contributed by atoms with Gasteiger partial charge in [0.15, 0.2) is 0 Å². The summed E-state index contributed by atoms with van der Waals surface area (Å²) < 4.78 is 53.6. The van der Waals surface area contributed by atoms with Crippen LogP contribution < -0.4 is 44.4 Å². The first-order chi connectivity index (χ1) is 62.2. The average Bonchev–Trinajstić information content (AvgIpc) is 1.62. The maximum Gasteiger partial charge on any atom is 0.408 e. The number of benzene rings is 3. The Kier molecular flexibility index (Phi) is 33.4. The number of hydrogen-bond acceptors (Lipinski definition) is 24. The molecule has 3 saturated heterocycles. The zero-order valence-corrected chi connectivity index (χ0v) is 82.2. The van der Waals surface area contributed by atoms with Gasteiger partial charge in [0.05, 0.1) is 74.1 Å². The fourth-order valence-corrected chi connectivity index (χ4v) is 22.4. The summed E-state index contributed by atoms with van der Waals surface area (Å²) in [7, 11) is 4.83. The molecule has 9 heterocycles. The Labute approximate surface area is 814 Å². The zero-order chi connectivity index (χ0) is 90.6. The van der Waals surface area contributed by atoms with Crippen molar-refractivity contribution < 1.29 is 146 Å². The van der Waals surface area contributed by atoms with Crippen molar-refractivity contribution in [2.45, 2.75) is 326 Å². The average molecular weight is 1930 g/mol. The summed E-state index contributed by atoms with van der Waals surface area (Å²) in [5.41, 5.74) is 4.76. The Balaban J connectivity index is 0.000000205. The van der Waals surface area contributed by atoms with Crippen LogP contribution in [0.25, 0.3) is 33.1 Å². The van der Waals surface area contributed by atoms with Crippen molar-refractivity contribution in [2.24, 2.45) is 51.8 Å². The number of amides is 6. The Morgan fingerprint density at radius 3 is 1.07 bits per heavy atom. The number of aryl methyl sites for hydroxylation is 3. The molecule has 9 fully saturated rings. The minimum absolute atomic E-state index is 0. The van der Waals surface area contributed by atoms with Gasteiger partial charge in [-0.25, -0.2) is 63.1 Å². The van der Waals surface area contributed by atoms with E-state index in [4.69, 9.17) is 72.5 Å². The normalized spacial score (nSPS) is 31.1. The van der Waals surface area contributed by atoms with Crippen LogP contribution >= 0.6 is 0 Å². The van der Waals surface area contributed by atoms with Crippen LogP contribution in [0.2, 0.25) is 0 Å². The molecule has 6 saturated carbocycles. The van der Waals surface area contributed by atoms with Crippen LogP contribution in [0.15, 0.2) is 54.6 Å². The molecule has 132 heavy (non-hydrogen) atoms. The van der Waals surface area contributed by atoms with Crippen molar-refractivity contribution in [1.82, 2.24) is 60.6 Å². The van der Waals surface area contributed by atoms with E-state index >= 15 is 0 Å². The van der Waals surface area contributed by atoms with Gasteiger partial charge in [-0.2, -0.15) is 0 Å². The van der Waals surface area contributed by atoms with Gasteiger partial charge in [-0.15, -0.1) is 0 Å². The number of nitrogens with one attached hydrogen (secondary N) is 3. The van der Waals surface area contributed by atoms with E-state index in [1.54, 1.807) is 31.1 Å². The number of alkyl carbamates (subject to hydrolysis) is 3. The molecule has 12 aliphatic rings. The van der Waals surface area contributed by atoms with E-state index in [2.05, 4.69) is 48.7 Å². The fraction of sp³-hybridized carbons (Fsp3) is 0.667. The SMILES string of the molecule is COc1ccc2nc3c(nc2c1)O[C@H]1CN(C(=O)[C@H](C2(C)CCCC2)NC(=O)O[C@@H]2CCC[C@H]2CCCCC3)[C@H]([C-]=O)[C@@H]1C.COc1ccc2nc3c(nc2c1)O[C@H]1CN(C(=O)[C@H](C2(C)CCCC2)NC(=O)O[C@@H]2C[C@H]2CCCCC3)[C@H]([C-]=O)[C@@H]1C.COc1ccc2nc3c(nc2c1)O[C@H]1CN(C(=O)[C@H](C2(C)CCCC2)NC(=O)O[C@]2(C)C[C@H]2CCCCC3)[C@H]([C-]=O)[C@@H]1C.[HH].[HH].[HH].[V].[V].[V]. The minimum atomic E-state index is -0.813. The molecular formula is C99H135N12O18V3-3. The molecule has 0 spiro atoms. The Morgan fingerprint density at radius 2 is 0.712 bits per heavy atom. The van der Waals surface area contributed by atoms with Crippen LogP contribution in [-0.2, 0) is 118 Å². The first-order valence-electron chi connectivity index (χ1n) is 47.8. The Morgan fingerprint density at radius 1 is 0.379 bits per heavy atom. The van der Waals surface area contributed by atoms with Crippen molar-refractivity contribution in [2.75, 3.05) is 41.0 Å². The van der Waals surface area contributed by atoms with Crippen molar-refractivity contribution in [3.05, 3.63) is 71.7 Å². The first kappa shape index (κ1) is 101. The predicted molar refractivity (Wildman–Crippen MR) is 485 cm³/mol. The molecule has 33 heteroatoms. The minimum Gasteiger partial charge on any atom is -0.540 e. The molecule has 6 aliphatic heterocycles. The van der Waals surface area contributed by atoms with Gasteiger partial charge in [-0.3, -0.25) is 14.4 Å². The number of fused-ring (bicyclic) bond motifs is 15. The summed E-state index contributed by atoms with van der Waals surface area (Å²) in [6.45, 7) is 14.4. The van der Waals surface area contributed by atoms with Gasteiger partial charge in [-0.05, 0) is 218 Å². The summed E-state index contributed by atoms with van der Waals surface area (Å²) in [6, 6.07) is 12.0. The molecular weight excluding hydrogens is 1800 g/mol. The third-order valence-corrected chi connectivity index (χ3v) is 31.1. The number of rotatable bonds is 9. The van der Waals surface area contributed by atoms with E-state index in [1.807, 2.05) is 89.2 Å². The number of ether oxygens (including phenoxy) is 9. The van der Waals surface area contributed by atoms with Crippen LogP contribution in [-0.4, -0.2) is 213 Å². The monoisotopic (exact) mass is 1930 g/mol. The molecule has 18 atom stereocenters. The molecule has 6 amide bonds. The van der Waals surface area contributed by atoms with E-state index in [9.17, 15) is 43.2 Å². The van der Waals surface area contributed by atoms with Crippen LogP contribution in [0.3, 0.4) is 0 Å². The molecule has 6 aromatic rings. The van der Waals surface area contributed by atoms with Gasteiger partial charge in [0.25, 0.3) is 0 Å². The van der Waals surface area contributed by atoms with E-state index in [1.165, 1.54) is 4.90 Å². The molecule has 3 radical (unpaired) electrons. The summed E-state index contributed by atoms with van der Waals surface area (Å²) in [5.74, 6) is 2.42. The maximum absolute atomic E-state index is 14.3. The zero-order valence-electron chi connectivity index (χ0n) is 78.0. The first-order valence-corrected chi connectivity index (χ1v) is 47.8. The van der Waals surface area contributed by atoms with Crippen molar-refractivity contribution in [3.63, 3.8) is 0 Å². The molecule has 18 rings (SSSR count). The number of aromatic nitrogens is 6. The summed E-state index contributed by atoms with van der Waals surface area (Å²) in [5, 5.41) is 8.91. The molecule has 0 unspecified atom stereocenters. The number of methoxy groups -OCH3 is 3. The second kappa shape index (κ2) is 43.6. The van der Waals surface area contributed by atoms with E-state index in [0.717, 1.165) is 220 Å². The third-order valence-electron chi connectivity index (χ3n) is 31.1. The smallest absolute Gasteiger partial charge is 0.408 e. The number of hydrogen-bond donors (Lipinski definition) is 3. The van der Waals surface area contributed by atoms with E-state index < -0.39 is 94.7 Å². The second-order valence-electron chi connectivity index (χ2n) is 40.0. The summed E-state index contributed by atoms with van der Waals surface area (Å²) in [6.07, 6.45) is 32.2. The predicted octanol–water partition coefficient (Wildman–Crippen LogP) is 15.5. The largest absolute Gasteiger partial charge is 0.540 e. The third kappa shape index (κ3) is 22.2. The van der Waals surface area contributed by atoms with Gasteiger partial charge in [0, 0.05) is 84.1 Å². The van der Waals surface area contributed by atoms with Gasteiger partial charge in [0.2, 0.25) is 35.4 Å². The summed E-state index contributed by atoms with van der Waals surface area (Å²) >= 11 is 0. The molecule has 717 valence electrons. The molecule has 6 bridgehead atoms. The van der Waals surface area contributed by atoms with Crippen LogP contribution in [0.1, 0.15) is 256 Å². The topological polar surface area (TPSA) is 360 Å². The van der Waals surface area contributed by atoms with Crippen molar-refractivity contribution >= 4 is 88.0 Å². The quantitative estimate of drug-likeness (QED) is 0.0894. The van der Waals surface area contributed by atoms with Gasteiger partial charge >= 0.3 is 18.3 Å². The molecule has 6 aliphatic carbocycles. The maximum atomic E-state index is 14.3. The Hall–Kier alpha value is -8.54. The van der Waals surface area contributed by atoms with Crippen molar-refractivity contribution in [3.8, 4) is 34.9 Å². The van der Waals surface area contributed by atoms with Gasteiger partial charge < -0.3 is 87.7 Å². The molecule has 3 aromatic heterocycles. The summed E-state index contributed by atoms with van der Waals surface area (Å²) in [4.78, 5) is 154. The van der Waals surface area contributed by atoms with E-state index in [0.29, 0.717) is 88.5 Å². The van der Waals surface area contributed by atoms with Gasteiger partial charge in [0.1, 0.15) is 88.6 Å².